The van der Waals surface area contributed by atoms with Gasteiger partial charge >= 0.3 is 11.1 Å². The Kier molecular flexibility index (Phi) is 3.80. The molecule has 1 aromatic carbocycles. The van der Waals surface area contributed by atoms with E-state index in [-0.39, 0.29) is 17.1 Å². The number of rotatable bonds is 3. The number of benzene rings is 1. The van der Waals surface area contributed by atoms with Gasteiger partial charge in [0.25, 0.3) is 0 Å². The minimum atomic E-state index is -0.701. The van der Waals surface area contributed by atoms with Crippen LogP contribution >= 0.6 is 12.2 Å². The first-order valence-electron chi connectivity index (χ1n) is 5.74. The van der Waals surface area contributed by atoms with Crippen LogP contribution in [0.3, 0.4) is 0 Å². The molecule has 0 amide bonds. The highest BCUT2D eigenvalue weighted by Gasteiger charge is 2.08. The number of hydrogen-bond acceptors (Lipinski definition) is 3. The Morgan fingerprint density at radius 1 is 1.30 bits per heavy atom. The average molecular weight is 293 g/mol. The third-order valence-corrected chi connectivity index (χ3v) is 3.15. The van der Waals surface area contributed by atoms with Crippen molar-refractivity contribution in [3.05, 3.63) is 68.2 Å². The van der Waals surface area contributed by atoms with Gasteiger partial charge in [-0.15, -0.1) is 0 Å². The molecule has 0 spiro atoms. The van der Waals surface area contributed by atoms with E-state index in [0.29, 0.717) is 5.56 Å². The molecule has 20 heavy (non-hydrogen) atoms. The largest absolute Gasteiger partial charge is 0.389 e. The lowest BCUT2D eigenvalue weighted by atomic mass is 10.1. The highest BCUT2D eigenvalue weighted by molar-refractivity contribution is 7.80. The van der Waals surface area contributed by atoms with Crippen molar-refractivity contribution in [3.8, 4) is 0 Å². The van der Waals surface area contributed by atoms with E-state index in [1.54, 1.807) is 6.07 Å². The Morgan fingerprint density at radius 3 is 2.60 bits per heavy atom. The molecule has 0 unspecified atom stereocenters. The minimum absolute atomic E-state index is 0.0294. The van der Waals surface area contributed by atoms with E-state index < -0.39 is 16.9 Å². The Morgan fingerprint density at radius 2 is 2.00 bits per heavy atom. The molecule has 2 N–H and O–H groups in total. The van der Waals surface area contributed by atoms with E-state index in [1.165, 1.54) is 36.1 Å². The monoisotopic (exact) mass is 293 g/mol. The molecule has 0 radical (unpaired) electrons. The van der Waals surface area contributed by atoms with Crippen LogP contribution in [0.25, 0.3) is 0 Å². The van der Waals surface area contributed by atoms with E-state index in [0.717, 1.165) is 4.57 Å². The van der Waals surface area contributed by atoms with Crippen LogP contribution in [-0.4, -0.2) is 14.1 Å². The molecular weight excluding hydrogens is 281 g/mol. The van der Waals surface area contributed by atoms with Crippen LogP contribution in [-0.2, 0) is 13.6 Å². The third kappa shape index (κ3) is 2.67. The predicted molar refractivity (Wildman–Crippen MR) is 77.3 cm³/mol. The van der Waals surface area contributed by atoms with Gasteiger partial charge in [-0.25, -0.2) is 4.39 Å². The lowest BCUT2D eigenvalue weighted by Crippen LogP contribution is -2.39. The maximum absolute atomic E-state index is 13.9. The molecule has 7 heteroatoms. The van der Waals surface area contributed by atoms with Crippen molar-refractivity contribution in [3.63, 3.8) is 0 Å². The molecule has 0 saturated heterocycles. The number of thiocarbonyl (C=S) groups is 1. The topological polar surface area (TPSA) is 70.0 Å². The number of aryl methyl sites for hydroxylation is 1. The van der Waals surface area contributed by atoms with Crippen molar-refractivity contribution < 1.29 is 4.39 Å². The first kappa shape index (κ1) is 14.1. The first-order chi connectivity index (χ1) is 9.40. The fourth-order valence-electron chi connectivity index (χ4n) is 1.73. The second-order valence-electron chi connectivity index (χ2n) is 4.32. The van der Waals surface area contributed by atoms with Gasteiger partial charge in [0.2, 0.25) is 0 Å². The van der Waals surface area contributed by atoms with E-state index in [2.05, 4.69) is 0 Å². The summed E-state index contributed by atoms with van der Waals surface area (Å²) in [5, 5.41) is 0. The van der Waals surface area contributed by atoms with Gasteiger partial charge in [0, 0.05) is 30.6 Å². The van der Waals surface area contributed by atoms with Crippen LogP contribution in [0.4, 0.5) is 4.39 Å². The van der Waals surface area contributed by atoms with Gasteiger partial charge in [-0.2, -0.15) is 0 Å². The van der Waals surface area contributed by atoms with Gasteiger partial charge < -0.3 is 14.9 Å². The Balaban J connectivity index is 2.41. The number of halogens is 1. The standard InChI is InChI=1S/C13H12FN3O2S/c1-16-4-5-17(13(19)12(16)18)7-9-3-2-8(11(15)20)6-10(9)14/h2-6H,7H2,1H3,(H2,15,20). The van der Waals surface area contributed by atoms with Crippen molar-refractivity contribution in [2.45, 2.75) is 6.54 Å². The number of aromatic nitrogens is 2. The maximum atomic E-state index is 13.9. The summed E-state index contributed by atoms with van der Waals surface area (Å²) in [6, 6.07) is 4.28. The summed E-state index contributed by atoms with van der Waals surface area (Å²) in [5.74, 6) is -0.525. The molecule has 0 aliphatic heterocycles. The molecule has 0 aliphatic rings. The lowest BCUT2D eigenvalue weighted by Gasteiger charge is -2.08. The average Bonchev–Trinajstić information content (AvgIpc) is 2.41. The molecule has 0 aliphatic carbocycles. The van der Waals surface area contributed by atoms with Crippen molar-refractivity contribution in [1.82, 2.24) is 9.13 Å². The highest BCUT2D eigenvalue weighted by atomic mass is 32.1. The van der Waals surface area contributed by atoms with Crippen LogP contribution in [0.2, 0.25) is 0 Å². The number of nitrogens with zero attached hydrogens (tertiary/aromatic N) is 2. The van der Waals surface area contributed by atoms with Crippen LogP contribution in [0.15, 0.2) is 40.2 Å². The van der Waals surface area contributed by atoms with Crippen LogP contribution in [0, 0.1) is 5.82 Å². The smallest absolute Gasteiger partial charge is 0.316 e. The van der Waals surface area contributed by atoms with Gasteiger partial charge in [0.15, 0.2) is 0 Å². The molecule has 104 valence electrons. The Labute approximate surface area is 119 Å². The molecule has 0 saturated carbocycles. The number of nitrogens with two attached hydrogens (primary N) is 1. The van der Waals surface area contributed by atoms with Crippen molar-refractivity contribution in [2.75, 3.05) is 0 Å². The fraction of sp³-hybridized carbons (Fsp3) is 0.154. The van der Waals surface area contributed by atoms with E-state index in [1.807, 2.05) is 0 Å². The quantitative estimate of drug-likeness (QED) is 0.655. The molecule has 1 heterocycles. The summed E-state index contributed by atoms with van der Waals surface area (Å²) in [6.45, 7) is -0.0294. The molecule has 5 nitrogen and oxygen atoms in total. The van der Waals surface area contributed by atoms with Crippen molar-refractivity contribution in [2.24, 2.45) is 12.8 Å². The maximum Gasteiger partial charge on any atom is 0.316 e. The summed E-state index contributed by atoms with van der Waals surface area (Å²) in [6.07, 6.45) is 2.88. The van der Waals surface area contributed by atoms with Crippen LogP contribution < -0.4 is 16.9 Å². The molecule has 0 atom stereocenters. The van der Waals surface area contributed by atoms with Crippen molar-refractivity contribution in [1.29, 1.82) is 0 Å². The molecule has 0 fully saturated rings. The SMILES string of the molecule is Cn1ccn(Cc2ccc(C(N)=S)cc2F)c(=O)c1=O. The molecule has 0 bridgehead atoms. The summed E-state index contributed by atoms with van der Waals surface area (Å²) in [5.41, 5.74) is 4.74. The molecule has 2 aromatic rings. The third-order valence-electron chi connectivity index (χ3n) is 2.91. The summed E-state index contributed by atoms with van der Waals surface area (Å²) < 4.78 is 16.2. The summed E-state index contributed by atoms with van der Waals surface area (Å²) in [4.78, 5) is 23.4. The van der Waals surface area contributed by atoms with Gasteiger partial charge in [0.05, 0.1) is 6.54 Å². The second-order valence-corrected chi connectivity index (χ2v) is 4.76. The van der Waals surface area contributed by atoms with Gasteiger partial charge in [-0.05, 0) is 6.07 Å². The zero-order valence-corrected chi connectivity index (χ0v) is 11.5. The van der Waals surface area contributed by atoms with E-state index in [9.17, 15) is 14.0 Å². The zero-order valence-electron chi connectivity index (χ0n) is 10.7. The van der Waals surface area contributed by atoms with Gasteiger partial charge in [-0.1, -0.05) is 24.4 Å². The zero-order chi connectivity index (χ0) is 14.9. The second kappa shape index (κ2) is 5.38. The van der Waals surface area contributed by atoms with Gasteiger partial charge in [0.1, 0.15) is 10.8 Å². The highest BCUT2D eigenvalue weighted by Crippen LogP contribution is 2.11. The lowest BCUT2D eigenvalue weighted by molar-refractivity contribution is 0.591. The molecular formula is C13H12FN3O2S. The summed E-state index contributed by atoms with van der Waals surface area (Å²) in [7, 11) is 1.48. The van der Waals surface area contributed by atoms with E-state index in [4.69, 9.17) is 18.0 Å². The Hall–Kier alpha value is -2.28. The van der Waals surface area contributed by atoms with Gasteiger partial charge in [-0.3, -0.25) is 9.59 Å². The molecule has 2 rings (SSSR count). The normalized spacial score (nSPS) is 10.5. The molecule has 1 aromatic heterocycles. The predicted octanol–water partition coefficient (Wildman–Crippen LogP) is 0.369. The minimum Gasteiger partial charge on any atom is -0.389 e. The Bertz CT molecular complexity index is 795. The summed E-state index contributed by atoms with van der Waals surface area (Å²) >= 11 is 4.76. The van der Waals surface area contributed by atoms with Crippen molar-refractivity contribution >= 4 is 17.2 Å². The first-order valence-corrected chi connectivity index (χ1v) is 6.15. The number of hydrogen-bond donors (Lipinski definition) is 1. The van der Waals surface area contributed by atoms with E-state index >= 15 is 0 Å². The van der Waals surface area contributed by atoms with Crippen LogP contribution in [0.1, 0.15) is 11.1 Å². The fourth-order valence-corrected chi connectivity index (χ4v) is 1.85. The van der Waals surface area contributed by atoms with Crippen LogP contribution in [0.5, 0.6) is 0 Å².